The lowest BCUT2D eigenvalue weighted by Crippen LogP contribution is -2.15. The Morgan fingerprint density at radius 1 is 0.500 bits per heavy atom. The van der Waals surface area contributed by atoms with Gasteiger partial charge in [0.1, 0.15) is 11.1 Å². The predicted octanol–water partition coefficient (Wildman–Crippen LogP) is 12.8. The zero-order chi connectivity index (χ0) is 33.4. The van der Waals surface area contributed by atoms with Crippen molar-refractivity contribution < 1.29 is 8.83 Å². The van der Waals surface area contributed by atoms with E-state index in [2.05, 4.69) is 140 Å². The minimum Gasteiger partial charge on any atom is -0.454 e. The van der Waals surface area contributed by atoms with Crippen LogP contribution in [0.2, 0.25) is 0 Å². The summed E-state index contributed by atoms with van der Waals surface area (Å²) in [5.74, 6) is 0.600. The summed E-state index contributed by atoms with van der Waals surface area (Å²) in [6, 6.07) is 55.4. The van der Waals surface area contributed by atoms with Gasteiger partial charge in [0.05, 0.1) is 11.4 Å². The summed E-state index contributed by atoms with van der Waals surface area (Å²) < 4.78 is 13.1. The van der Waals surface area contributed by atoms with Gasteiger partial charge in [-0.2, -0.15) is 0 Å². The van der Waals surface area contributed by atoms with E-state index in [0.29, 0.717) is 11.5 Å². The molecular formula is C46H32N2O2. The molecule has 0 radical (unpaired) electrons. The van der Waals surface area contributed by atoms with Crippen molar-refractivity contribution in [2.24, 2.45) is 0 Å². The average Bonchev–Trinajstić information content (AvgIpc) is 3.82. The number of hydrogen-bond donors (Lipinski definition) is 0. The molecule has 0 aliphatic heterocycles. The van der Waals surface area contributed by atoms with Gasteiger partial charge in [-0.3, -0.25) is 0 Å². The van der Waals surface area contributed by atoms with E-state index in [1.165, 1.54) is 22.3 Å². The number of hydrogen-bond acceptors (Lipinski definition) is 4. The number of anilines is 3. The van der Waals surface area contributed by atoms with Crippen LogP contribution in [-0.2, 0) is 5.41 Å². The monoisotopic (exact) mass is 644 g/mol. The molecular weight excluding hydrogens is 613 g/mol. The van der Waals surface area contributed by atoms with Crippen molar-refractivity contribution in [1.82, 2.24) is 4.98 Å². The topological polar surface area (TPSA) is 42.4 Å². The van der Waals surface area contributed by atoms with E-state index in [-0.39, 0.29) is 5.41 Å². The number of para-hydroxylation sites is 2. The first kappa shape index (κ1) is 28.6. The van der Waals surface area contributed by atoms with Gasteiger partial charge in [-0.15, -0.1) is 0 Å². The lowest BCUT2D eigenvalue weighted by molar-refractivity contribution is 0.617. The van der Waals surface area contributed by atoms with Crippen LogP contribution in [0.15, 0.2) is 167 Å². The Balaban J connectivity index is 1.21. The molecule has 1 aliphatic carbocycles. The van der Waals surface area contributed by atoms with Crippen LogP contribution >= 0.6 is 0 Å². The maximum atomic E-state index is 6.83. The van der Waals surface area contributed by atoms with Crippen molar-refractivity contribution in [3.63, 3.8) is 0 Å². The summed E-state index contributed by atoms with van der Waals surface area (Å²) in [4.78, 5) is 7.22. The van der Waals surface area contributed by atoms with Crippen LogP contribution in [0.4, 0.5) is 17.1 Å². The summed E-state index contributed by atoms with van der Waals surface area (Å²) >= 11 is 0. The molecule has 0 amide bonds. The number of benzene rings is 7. The third-order valence-corrected chi connectivity index (χ3v) is 10.3. The summed E-state index contributed by atoms with van der Waals surface area (Å²) in [6.45, 7) is 4.64. The minimum atomic E-state index is -0.0820. The molecule has 50 heavy (non-hydrogen) atoms. The van der Waals surface area contributed by atoms with Crippen molar-refractivity contribution in [2.75, 3.05) is 4.90 Å². The number of nitrogens with zero attached hydrogens (tertiary/aromatic N) is 2. The molecule has 0 atom stereocenters. The molecule has 0 N–H and O–H groups in total. The molecule has 4 nitrogen and oxygen atoms in total. The van der Waals surface area contributed by atoms with Crippen molar-refractivity contribution in [2.45, 2.75) is 19.3 Å². The SMILES string of the molecule is CC1(C)c2ccccc2-c2cc(N(c3ccccc3-c3ccccc3)c3cccc4c3oc3cc5oc(-c6ccccc6)nc5cc34)ccc21. The van der Waals surface area contributed by atoms with E-state index in [1.54, 1.807) is 0 Å². The Morgan fingerprint density at radius 2 is 1.18 bits per heavy atom. The van der Waals surface area contributed by atoms with Crippen LogP contribution in [0, 0.1) is 0 Å². The molecule has 0 saturated carbocycles. The van der Waals surface area contributed by atoms with E-state index in [1.807, 2.05) is 36.4 Å². The van der Waals surface area contributed by atoms with Crippen LogP contribution in [0.25, 0.3) is 66.7 Å². The van der Waals surface area contributed by atoms with Gasteiger partial charge in [0, 0.05) is 39.1 Å². The molecule has 7 aromatic carbocycles. The molecule has 238 valence electrons. The molecule has 1 aliphatic rings. The largest absolute Gasteiger partial charge is 0.454 e. The van der Waals surface area contributed by atoms with Gasteiger partial charge in [0.2, 0.25) is 5.89 Å². The van der Waals surface area contributed by atoms with Crippen LogP contribution in [0.3, 0.4) is 0 Å². The Morgan fingerprint density at radius 3 is 2.00 bits per heavy atom. The highest BCUT2D eigenvalue weighted by atomic mass is 16.4. The number of aromatic nitrogens is 1. The molecule has 0 spiro atoms. The van der Waals surface area contributed by atoms with Crippen molar-refractivity contribution in [3.8, 4) is 33.7 Å². The second-order valence-corrected chi connectivity index (χ2v) is 13.6. The number of oxazole rings is 1. The van der Waals surface area contributed by atoms with Crippen molar-refractivity contribution in [1.29, 1.82) is 0 Å². The van der Waals surface area contributed by atoms with Crippen LogP contribution in [0.1, 0.15) is 25.0 Å². The molecule has 0 unspecified atom stereocenters. The first-order valence-electron chi connectivity index (χ1n) is 17.0. The van der Waals surface area contributed by atoms with Gasteiger partial charge in [-0.05, 0) is 70.3 Å². The van der Waals surface area contributed by atoms with E-state index in [0.717, 1.165) is 61.2 Å². The average molecular weight is 645 g/mol. The highest BCUT2D eigenvalue weighted by Gasteiger charge is 2.36. The lowest BCUT2D eigenvalue weighted by Gasteiger charge is -2.29. The Bertz CT molecular complexity index is 2740. The predicted molar refractivity (Wildman–Crippen MR) is 204 cm³/mol. The molecule has 0 bridgehead atoms. The lowest BCUT2D eigenvalue weighted by atomic mass is 9.82. The smallest absolute Gasteiger partial charge is 0.227 e. The molecule has 0 fully saturated rings. The summed E-state index contributed by atoms with van der Waals surface area (Å²) in [5.41, 5.74) is 14.6. The summed E-state index contributed by atoms with van der Waals surface area (Å²) in [6.07, 6.45) is 0. The van der Waals surface area contributed by atoms with Crippen LogP contribution in [-0.4, -0.2) is 4.98 Å². The second kappa shape index (κ2) is 10.8. The van der Waals surface area contributed by atoms with Crippen molar-refractivity contribution >= 4 is 50.1 Å². The van der Waals surface area contributed by atoms with E-state index < -0.39 is 0 Å². The fourth-order valence-corrected chi connectivity index (χ4v) is 7.87. The highest BCUT2D eigenvalue weighted by Crippen LogP contribution is 2.52. The quantitative estimate of drug-likeness (QED) is 0.187. The van der Waals surface area contributed by atoms with Crippen molar-refractivity contribution in [3.05, 3.63) is 169 Å². The van der Waals surface area contributed by atoms with Gasteiger partial charge >= 0.3 is 0 Å². The fraction of sp³-hybridized carbons (Fsp3) is 0.0652. The second-order valence-electron chi connectivity index (χ2n) is 13.6. The number of furan rings is 1. The molecule has 0 saturated heterocycles. The standard InChI is InChI=1S/C46H32N2O2/c1-46(2)37-21-11-9-19-33(37)35-26-31(24-25-38(35)46)48(40-22-12-10-18-32(40)29-14-5-3-6-15-29)41-23-13-20-34-36-27-39-43(28-42(36)49-44(34)41)50-45(47-39)30-16-7-4-8-17-30/h3-28H,1-2H3. The van der Waals surface area contributed by atoms with Crippen LogP contribution < -0.4 is 4.90 Å². The Labute approximate surface area is 289 Å². The normalized spacial score (nSPS) is 13.2. The zero-order valence-corrected chi connectivity index (χ0v) is 27.7. The zero-order valence-electron chi connectivity index (χ0n) is 27.7. The summed E-state index contributed by atoms with van der Waals surface area (Å²) in [7, 11) is 0. The van der Waals surface area contributed by atoms with Crippen LogP contribution in [0.5, 0.6) is 0 Å². The summed E-state index contributed by atoms with van der Waals surface area (Å²) in [5, 5.41) is 2.03. The molecule has 4 heteroatoms. The first-order chi connectivity index (χ1) is 24.5. The Hall–Kier alpha value is -6.39. The maximum Gasteiger partial charge on any atom is 0.227 e. The van der Waals surface area contributed by atoms with Gasteiger partial charge < -0.3 is 13.7 Å². The molecule has 9 aromatic rings. The minimum absolute atomic E-state index is 0.0820. The van der Waals surface area contributed by atoms with E-state index in [9.17, 15) is 0 Å². The first-order valence-corrected chi connectivity index (χ1v) is 17.0. The molecule has 10 rings (SSSR count). The van der Waals surface area contributed by atoms with E-state index in [4.69, 9.17) is 13.8 Å². The fourth-order valence-electron chi connectivity index (χ4n) is 7.87. The van der Waals surface area contributed by atoms with Gasteiger partial charge in [-0.1, -0.05) is 123 Å². The molecule has 2 aromatic heterocycles. The third-order valence-electron chi connectivity index (χ3n) is 10.3. The third kappa shape index (κ3) is 4.28. The molecule has 2 heterocycles. The van der Waals surface area contributed by atoms with Gasteiger partial charge in [0.15, 0.2) is 11.2 Å². The number of rotatable bonds is 5. The van der Waals surface area contributed by atoms with E-state index >= 15 is 0 Å². The Kier molecular flexibility index (Phi) is 6.19. The maximum absolute atomic E-state index is 6.83. The highest BCUT2D eigenvalue weighted by molar-refractivity contribution is 6.13. The number of fused-ring (bicyclic) bond motifs is 7. The van der Waals surface area contributed by atoms with Gasteiger partial charge in [-0.25, -0.2) is 4.98 Å². The van der Waals surface area contributed by atoms with Gasteiger partial charge in [0.25, 0.3) is 0 Å².